The van der Waals surface area contributed by atoms with Gasteiger partial charge < -0.3 is 19.8 Å². The second kappa shape index (κ2) is 7.77. The van der Waals surface area contributed by atoms with E-state index in [4.69, 9.17) is 9.47 Å². The van der Waals surface area contributed by atoms with Crippen LogP contribution in [0.2, 0.25) is 0 Å². The number of carbonyl (C=O) groups excluding carboxylic acids is 1. The van der Waals surface area contributed by atoms with Crippen LogP contribution in [-0.2, 0) is 17.8 Å². The van der Waals surface area contributed by atoms with Crippen LogP contribution in [0.4, 0.5) is 0 Å². The van der Waals surface area contributed by atoms with Crippen LogP contribution in [0.3, 0.4) is 0 Å². The Morgan fingerprint density at radius 3 is 2.65 bits per heavy atom. The minimum absolute atomic E-state index is 0.120. The van der Waals surface area contributed by atoms with Crippen molar-refractivity contribution in [2.24, 2.45) is 0 Å². The van der Waals surface area contributed by atoms with Gasteiger partial charge in [-0.25, -0.2) is 4.79 Å². The van der Waals surface area contributed by atoms with Crippen LogP contribution in [-0.4, -0.2) is 36.2 Å². The number of aromatic nitrogens is 2. The Morgan fingerprint density at radius 2 is 1.88 bits per heavy atom. The number of hydrogen-bond donors (Lipinski definition) is 2. The number of methoxy groups -OCH3 is 2. The van der Waals surface area contributed by atoms with Crippen molar-refractivity contribution >= 4 is 16.9 Å². The molecule has 1 amide bonds. The Kier molecular flexibility index (Phi) is 5.26. The number of ether oxygens (including phenoxy) is 2. The number of benzene rings is 2. The molecule has 0 aliphatic carbocycles. The number of para-hydroxylation sites is 2. The third-order valence-electron chi connectivity index (χ3n) is 4.15. The molecule has 2 aromatic carbocycles. The molecule has 3 rings (SSSR count). The number of fused-ring (bicyclic) bond motifs is 1. The van der Waals surface area contributed by atoms with Crippen LogP contribution in [0.25, 0.3) is 11.0 Å². The number of nitrogens with zero attached hydrogens (tertiary/aromatic N) is 1. The molecule has 0 radical (unpaired) electrons. The molecule has 0 saturated heterocycles. The Balaban J connectivity index is 1.59. The van der Waals surface area contributed by atoms with E-state index in [1.54, 1.807) is 30.9 Å². The molecular weight excluding hydrogens is 334 g/mol. The maximum atomic E-state index is 12.2. The van der Waals surface area contributed by atoms with E-state index in [0.29, 0.717) is 24.6 Å². The van der Waals surface area contributed by atoms with E-state index in [0.717, 1.165) is 16.6 Å². The number of aromatic amines is 1. The van der Waals surface area contributed by atoms with E-state index in [2.05, 4.69) is 10.3 Å². The highest BCUT2D eigenvalue weighted by Crippen LogP contribution is 2.27. The minimum Gasteiger partial charge on any atom is -0.493 e. The molecule has 2 N–H and O–H groups in total. The Bertz CT molecular complexity index is 974. The SMILES string of the molecule is COc1ccc(CC(=O)NCCn2c(=O)[nH]c3ccccc32)cc1OC. The lowest BCUT2D eigenvalue weighted by Crippen LogP contribution is -2.31. The summed E-state index contributed by atoms with van der Waals surface area (Å²) in [6.45, 7) is 0.772. The van der Waals surface area contributed by atoms with Crippen molar-refractivity contribution in [1.29, 1.82) is 0 Å². The number of hydrogen-bond acceptors (Lipinski definition) is 4. The Labute approximate surface area is 150 Å². The van der Waals surface area contributed by atoms with E-state index in [9.17, 15) is 9.59 Å². The van der Waals surface area contributed by atoms with Gasteiger partial charge in [-0.15, -0.1) is 0 Å². The normalized spacial score (nSPS) is 10.7. The van der Waals surface area contributed by atoms with Crippen molar-refractivity contribution < 1.29 is 14.3 Å². The van der Waals surface area contributed by atoms with Gasteiger partial charge >= 0.3 is 5.69 Å². The third-order valence-corrected chi connectivity index (χ3v) is 4.15. The standard InChI is InChI=1S/C19H21N3O4/c1-25-16-8-7-13(11-17(16)26-2)12-18(23)20-9-10-22-15-6-4-3-5-14(15)21-19(22)24/h3-8,11H,9-10,12H2,1-2H3,(H,20,23)(H,21,24). The fourth-order valence-electron chi connectivity index (χ4n) is 2.87. The van der Waals surface area contributed by atoms with Gasteiger partial charge in [0, 0.05) is 13.1 Å². The van der Waals surface area contributed by atoms with Crippen molar-refractivity contribution in [3.8, 4) is 11.5 Å². The summed E-state index contributed by atoms with van der Waals surface area (Å²) in [5, 5.41) is 2.84. The maximum Gasteiger partial charge on any atom is 0.326 e. The molecule has 7 nitrogen and oxygen atoms in total. The first-order valence-electron chi connectivity index (χ1n) is 8.27. The topological polar surface area (TPSA) is 85.4 Å². The second-order valence-corrected chi connectivity index (χ2v) is 5.82. The number of rotatable bonds is 7. The van der Waals surface area contributed by atoms with E-state index in [-0.39, 0.29) is 18.0 Å². The van der Waals surface area contributed by atoms with Gasteiger partial charge in [0.2, 0.25) is 5.91 Å². The molecule has 0 bridgehead atoms. The number of nitrogens with one attached hydrogen (secondary N) is 2. The highest BCUT2D eigenvalue weighted by Gasteiger charge is 2.09. The molecule has 0 fully saturated rings. The first-order chi connectivity index (χ1) is 12.6. The molecule has 0 spiro atoms. The quantitative estimate of drug-likeness (QED) is 0.676. The van der Waals surface area contributed by atoms with E-state index in [1.165, 1.54) is 0 Å². The first-order valence-corrected chi connectivity index (χ1v) is 8.27. The largest absolute Gasteiger partial charge is 0.493 e. The number of H-pyrrole nitrogens is 1. The predicted molar refractivity (Wildman–Crippen MR) is 98.8 cm³/mol. The van der Waals surface area contributed by atoms with Crippen molar-refractivity contribution in [1.82, 2.24) is 14.9 Å². The van der Waals surface area contributed by atoms with E-state index < -0.39 is 0 Å². The average molecular weight is 355 g/mol. The van der Waals surface area contributed by atoms with Gasteiger partial charge in [-0.05, 0) is 29.8 Å². The van der Waals surface area contributed by atoms with Gasteiger partial charge in [-0.3, -0.25) is 9.36 Å². The number of imidazole rings is 1. The molecule has 26 heavy (non-hydrogen) atoms. The van der Waals surface area contributed by atoms with Crippen LogP contribution in [0.1, 0.15) is 5.56 Å². The Morgan fingerprint density at radius 1 is 1.12 bits per heavy atom. The van der Waals surface area contributed by atoms with Crippen LogP contribution >= 0.6 is 0 Å². The monoisotopic (exact) mass is 355 g/mol. The molecule has 3 aromatic rings. The van der Waals surface area contributed by atoms with Gasteiger partial charge in [-0.1, -0.05) is 18.2 Å². The molecule has 0 aliphatic heterocycles. The summed E-state index contributed by atoms with van der Waals surface area (Å²) in [7, 11) is 3.12. The van der Waals surface area contributed by atoms with Crippen molar-refractivity contribution in [3.63, 3.8) is 0 Å². The zero-order valence-electron chi connectivity index (χ0n) is 14.7. The smallest absolute Gasteiger partial charge is 0.326 e. The summed E-state index contributed by atoms with van der Waals surface area (Å²) in [5.41, 5.74) is 2.26. The summed E-state index contributed by atoms with van der Waals surface area (Å²) < 4.78 is 12.0. The third kappa shape index (κ3) is 3.72. The van der Waals surface area contributed by atoms with Crippen molar-refractivity contribution in [2.75, 3.05) is 20.8 Å². The van der Waals surface area contributed by atoms with Gasteiger partial charge in [0.25, 0.3) is 0 Å². The Hall–Kier alpha value is -3.22. The average Bonchev–Trinajstić information content (AvgIpc) is 2.97. The maximum absolute atomic E-state index is 12.2. The summed E-state index contributed by atoms with van der Waals surface area (Å²) in [6.07, 6.45) is 0.225. The predicted octanol–water partition coefficient (Wildman–Crippen LogP) is 1.71. The summed E-state index contributed by atoms with van der Waals surface area (Å²) in [4.78, 5) is 27.0. The lowest BCUT2D eigenvalue weighted by atomic mass is 10.1. The van der Waals surface area contributed by atoms with Crippen LogP contribution in [0.5, 0.6) is 11.5 Å². The fourth-order valence-corrected chi connectivity index (χ4v) is 2.87. The fraction of sp³-hybridized carbons (Fsp3) is 0.263. The van der Waals surface area contributed by atoms with E-state index >= 15 is 0 Å². The van der Waals surface area contributed by atoms with Crippen LogP contribution in [0, 0.1) is 0 Å². The van der Waals surface area contributed by atoms with Gasteiger partial charge in [-0.2, -0.15) is 0 Å². The van der Waals surface area contributed by atoms with Gasteiger partial charge in [0.1, 0.15) is 0 Å². The molecule has 7 heteroatoms. The van der Waals surface area contributed by atoms with Crippen molar-refractivity contribution in [2.45, 2.75) is 13.0 Å². The molecule has 0 saturated carbocycles. The van der Waals surface area contributed by atoms with Gasteiger partial charge in [0.15, 0.2) is 11.5 Å². The van der Waals surface area contributed by atoms with Crippen LogP contribution in [0.15, 0.2) is 47.3 Å². The minimum atomic E-state index is -0.180. The van der Waals surface area contributed by atoms with Crippen LogP contribution < -0.4 is 20.5 Å². The summed E-state index contributed by atoms with van der Waals surface area (Å²) in [5.74, 6) is 1.09. The molecule has 1 aromatic heterocycles. The molecule has 1 heterocycles. The zero-order chi connectivity index (χ0) is 18.5. The summed E-state index contributed by atoms with van der Waals surface area (Å²) >= 11 is 0. The number of carbonyl (C=O) groups is 1. The first kappa shape index (κ1) is 17.6. The number of amides is 1. The molecular formula is C19H21N3O4. The molecule has 0 aliphatic rings. The lowest BCUT2D eigenvalue weighted by molar-refractivity contribution is -0.120. The van der Waals surface area contributed by atoms with Crippen molar-refractivity contribution in [3.05, 3.63) is 58.5 Å². The van der Waals surface area contributed by atoms with Gasteiger partial charge in [0.05, 0.1) is 31.7 Å². The second-order valence-electron chi connectivity index (χ2n) is 5.82. The zero-order valence-corrected chi connectivity index (χ0v) is 14.7. The molecule has 136 valence electrons. The lowest BCUT2D eigenvalue weighted by Gasteiger charge is -2.10. The summed E-state index contributed by atoms with van der Waals surface area (Å²) in [6, 6.07) is 12.8. The highest BCUT2D eigenvalue weighted by atomic mass is 16.5. The van der Waals surface area contributed by atoms with E-state index in [1.807, 2.05) is 30.3 Å². The highest BCUT2D eigenvalue weighted by molar-refractivity contribution is 5.79. The molecule has 0 unspecified atom stereocenters. The molecule has 0 atom stereocenters.